The Bertz CT molecular complexity index is 958. The fraction of sp³-hybridized carbons (Fsp3) is 0.833. The van der Waals surface area contributed by atoms with E-state index in [2.05, 4.69) is 55.6 Å². The van der Waals surface area contributed by atoms with Gasteiger partial charge in [0.2, 0.25) is 5.91 Å². The van der Waals surface area contributed by atoms with Crippen molar-refractivity contribution in [3.8, 4) is 0 Å². The van der Waals surface area contributed by atoms with Gasteiger partial charge >= 0.3 is 0 Å². The van der Waals surface area contributed by atoms with Crippen LogP contribution in [0.25, 0.3) is 0 Å². The second-order valence-corrected chi connectivity index (χ2v) is 17.8. The summed E-state index contributed by atoms with van der Waals surface area (Å²) in [4.78, 5) is 12.5. The van der Waals surface area contributed by atoms with E-state index in [1.54, 1.807) is 6.08 Å². The lowest BCUT2D eigenvalue weighted by Crippen LogP contribution is -2.45. The zero-order valence-corrected chi connectivity index (χ0v) is 39.4. The smallest absolute Gasteiger partial charge is 0.222 e. The number of aliphatic hydroxyl groups is 3. The summed E-state index contributed by atoms with van der Waals surface area (Å²) in [6.07, 6.45) is 64.2. The lowest BCUT2D eigenvalue weighted by atomic mass is 10.0. The average Bonchev–Trinajstić information content (AvgIpc) is 3.23. The Labute approximate surface area is 367 Å². The molecule has 0 rings (SSSR count). The largest absolute Gasteiger partial charge is 0.394 e. The van der Waals surface area contributed by atoms with Gasteiger partial charge in [-0.1, -0.05) is 236 Å². The number of aliphatic hydroxyl groups excluding tert-OH is 3. The van der Waals surface area contributed by atoms with Gasteiger partial charge in [-0.2, -0.15) is 0 Å². The van der Waals surface area contributed by atoms with Gasteiger partial charge in [-0.3, -0.25) is 4.79 Å². The molecular weight excluding hydrogens is 727 g/mol. The lowest BCUT2D eigenvalue weighted by molar-refractivity contribution is -0.124. The highest BCUT2D eigenvalue weighted by molar-refractivity contribution is 5.76. The first-order chi connectivity index (χ1) is 29.0. The van der Waals surface area contributed by atoms with Crippen LogP contribution in [0.4, 0.5) is 0 Å². The number of unbranched alkanes of at least 4 members (excludes halogenated alkanes) is 32. The number of carbonyl (C=O) groups is 1. The Hall–Kier alpha value is -1.69. The van der Waals surface area contributed by atoms with Gasteiger partial charge in [0.15, 0.2) is 0 Å². The molecule has 0 saturated heterocycles. The molecule has 0 aliphatic carbocycles. The van der Waals surface area contributed by atoms with Gasteiger partial charge in [0.25, 0.3) is 0 Å². The third kappa shape index (κ3) is 45.7. The quantitative estimate of drug-likeness (QED) is 0.0363. The van der Waals surface area contributed by atoms with Crippen molar-refractivity contribution < 1.29 is 20.1 Å². The molecule has 0 aromatic heterocycles. The van der Waals surface area contributed by atoms with Crippen LogP contribution in [0.15, 0.2) is 48.6 Å². The van der Waals surface area contributed by atoms with Crippen LogP contribution in [0.2, 0.25) is 0 Å². The third-order valence-electron chi connectivity index (χ3n) is 11.8. The van der Waals surface area contributed by atoms with Crippen molar-refractivity contribution in [1.29, 1.82) is 0 Å². The molecule has 3 unspecified atom stereocenters. The minimum absolute atomic E-state index is 0.00370. The number of hydrogen-bond donors (Lipinski definition) is 4. The molecule has 0 aromatic carbocycles. The fourth-order valence-corrected chi connectivity index (χ4v) is 7.84. The van der Waals surface area contributed by atoms with Crippen LogP contribution in [0.5, 0.6) is 0 Å². The molecule has 0 saturated carbocycles. The topological polar surface area (TPSA) is 89.8 Å². The van der Waals surface area contributed by atoms with Crippen LogP contribution in [0, 0.1) is 0 Å². The van der Waals surface area contributed by atoms with E-state index >= 15 is 0 Å². The second kappa shape index (κ2) is 49.0. The van der Waals surface area contributed by atoms with Crippen molar-refractivity contribution in [3.05, 3.63) is 48.6 Å². The molecule has 0 aliphatic rings. The Kier molecular flexibility index (Phi) is 47.6. The molecule has 0 heterocycles. The van der Waals surface area contributed by atoms with Crippen molar-refractivity contribution in [1.82, 2.24) is 5.32 Å². The van der Waals surface area contributed by atoms with Crippen molar-refractivity contribution in [3.63, 3.8) is 0 Å². The van der Waals surface area contributed by atoms with E-state index in [9.17, 15) is 20.1 Å². The van der Waals surface area contributed by atoms with Crippen LogP contribution in [0.3, 0.4) is 0 Å². The fourth-order valence-electron chi connectivity index (χ4n) is 7.84. The molecule has 0 bridgehead atoms. The molecule has 0 spiro atoms. The Balaban J connectivity index is 3.69. The number of nitrogens with one attached hydrogen (secondary N) is 1. The van der Waals surface area contributed by atoms with Gasteiger partial charge in [0.1, 0.15) is 0 Å². The molecule has 59 heavy (non-hydrogen) atoms. The zero-order valence-electron chi connectivity index (χ0n) is 39.4. The number of rotatable bonds is 47. The Morgan fingerprint density at radius 2 is 0.729 bits per heavy atom. The highest BCUT2D eigenvalue weighted by Crippen LogP contribution is 2.16. The van der Waals surface area contributed by atoms with E-state index < -0.39 is 18.2 Å². The summed E-state index contributed by atoms with van der Waals surface area (Å²) in [6, 6.07) is -0.772. The normalized spacial score (nSPS) is 13.8. The molecule has 0 aromatic rings. The van der Waals surface area contributed by atoms with E-state index in [-0.39, 0.29) is 18.9 Å². The summed E-state index contributed by atoms with van der Waals surface area (Å²) in [6.45, 7) is 4.21. The number of hydrogen-bond acceptors (Lipinski definition) is 4. The highest BCUT2D eigenvalue weighted by Gasteiger charge is 2.20. The van der Waals surface area contributed by atoms with Gasteiger partial charge in [-0.05, 0) is 70.6 Å². The summed E-state index contributed by atoms with van der Waals surface area (Å²) in [5.74, 6) is -0.333. The average molecular weight is 828 g/mol. The maximum absolute atomic E-state index is 12.5. The summed E-state index contributed by atoms with van der Waals surface area (Å²) < 4.78 is 0. The Morgan fingerprint density at radius 1 is 0.424 bits per heavy atom. The minimum atomic E-state index is -0.964. The van der Waals surface area contributed by atoms with E-state index in [4.69, 9.17) is 0 Å². The highest BCUT2D eigenvalue weighted by atomic mass is 16.3. The van der Waals surface area contributed by atoms with E-state index in [1.807, 2.05) is 6.08 Å². The van der Waals surface area contributed by atoms with Crippen LogP contribution in [0.1, 0.15) is 264 Å². The van der Waals surface area contributed by atoms with Crippen LogP contribution in [-0.2, 0) is 4.79 Å². The van der Waals surface area contributed by atoms with Crippen molar-refractivity contribution in [2.75, 3.05) is 6.61 Å². The van der Waals surface area contributed by atoms with E-state index in [0.717, 1.165) is 51.4 Å². The van der Waals surface area contributed by atoms with Crippen LogP contribution < -0.4 is 5.32 Å². The monoisotopic (exact) mass is 828 g/mol. The van der Waals surface area contributed by atoms with Gasteiger partial charge < -0.3 is 20.6 Å². The molecule has 3 atom stereocenters. The van der Waals surface area contributed by atoms with Gasteiger partial charge in [-0.15, -0.1) is 0 Å². The lowest BCUT2D eigenvalue weighted by Gasteiger charge is -2.20. The number of carbonyl (C=O) groups excluding carboxylic acids is 1. The molecule has 0 aliphatic heterocycles. The predicted octanol–water partition coefficient (Wildman–Crippen LogP) is 15.7. The maximum Gasteiger partial charge on any atom is 0.222 e. The zero-order chi connectivity index (χ0) is 43.0. The van der Waals surface area contributed by atoms with Crippen LogP contribution >= 0.6 is 0 Å². The van der Waals surface area contributed by atoms with Crippen molar-refractivity contribution in [2.24, 2.45) is 0 Å². The van der Waals surface area contributed by atoms with Crippen molar-refractivity contribution >= 4 is 5.91 Å². The first kappa shape index (κ1) is 57.3. The molecule has 0 radical (unpaired) electrons. The molecule has 5 heteroatoms. The molecule has 0 fully saturated rings. The maximum atomic E-state index is 12.5. The summed E-state index contributed by atoms with van der Waals surface area (Å²) in [5, 5.41) is 33.3. The number of amides is 1. The summed E-state index contributed by atoms with van der Waals surface area (Å²) >= 11 is 0. The third-order valence-corrected chi connectivity index (χ3v) is 11.8. The first-order valence-electron chi connectivity index (χ1n) is 25.9. The van der Waals surface area contributed by atoms with E-state index in [0.29, 0.717) is 6.42 Å². The van der Waals surface area contributed by atoms with Gasteiger partial charge in [-0.25, -0.2) is 0 Å². The standard InChI is InChI=1S/C54H101NO4/c1-3-5-7-9-11-13-15-17-19-21-23-24-25-26-27-28-30-32-34-36-38-40-42-44-46-48-53(58)52(50-56)55-54(59)49-51(57)47-45-43-41-39-37-35-33-31-29-22-20-18-16-14-12-10-8-6-4-2/h30-33,38,40,46,48,51-53,56-58H,3-29,34-37,39,41-45,47,49-50H2,1-2H3,(H,55,59)/b32-30+,33-31-,40-38+,48-46+. The first-order valence-corrected chi connectivity index (χ1v) is 25.9. The van der Waals surface area contributed by atoms with E-state index in [1.165, 1.54) is 186 Å². The minimum Gasteiger partial charge on any atom is -0.394 e. The molecule has 5 nitrogen and oxygen atoms in total. The summed E-state index contributed by atoms with van der Waals surface area (Å²) in [5.41, 5.74) is 0. The van der Waals surface area contributed by atoms with Gasteiger partial charge in [0.05, 0.1) is 31.3 Å². The SMILES string of the molecule is CCCCCCCCCCCC/C=C\CCCCCCCC(O)CC(=O)NC(CO)C(O)/C=C/CC/C=C/CC/C=C/CCCCCCCCCCCCCCCCC. The molecule has 1 amide bonds. The molecule has 4 N–H and O–H groups in total. The molecule has 346 valence electrons. The Morgan fingerprint density at radius 3 is 1.08 bits per heavy atom. The van der Waals surface area contributed by atoms with Crippen molar-refractivity contribution in [2.45, 2.75) is 283 Å². The van der Waals surface area contributed by atoms with Gasteiger partial charge in [0, 0.05) is 0 Å². The van der Waals surface area contributed by atoms with Crippen LogP contribution in [-0.4, -0.2) is 46.1 Å². The summed E-state index contributed by atoms with van der Waals surface area (Å²) in [7, 11) is 0. The number of allylic oxidation sites excluding steroid dienone is 7. The second-order valence-electron chi connectivity index (χ2n) is 17.8. The molecular formula is C54H101NO4. The predicted molar refractivity (Wildman–Crippen MR) is 259 cm³/mol.